The molecule has 98 valence electrons. The van der Waals surface area contributed by atoms with Crippen molar-refractivity contribution in [1.29, 1.82) is 0 Å². The molecule has 0 aliphatic rings. The van der Waals surface area contributed by atoms with Crippen LogP contribution in [0.25, 0.3) is 0 Å². The summed E-state index contributed by atoms with van der Waals surface area (Å²) in [6.45, 7) is 6.96. The summed E-state index contributed by atoms with van der Waals surface area (Å²) in [7, 11) is 0. The van der Waals surface area contributed by atoms with E-state index in [0.717, 1.165) is 24.4 Å². The molecule has 2 heterocycles. The second-order valence-electron chi connectivity index (χ2n) is 4.47. The molecule has 4 heteroatoms. The second-order valence-corrected chi connectivity index (χ2v) is 5.72. The van der Waals surface area contributed by atoms with Crippen molar-refractivity contribution < 1.29 is 5.11 Å². The summed E-state index contributed by atoms with van der Waals surface area (Å²) >= 11 is 1.79. The molecular weight excluding hydrogens is 244 g/mol. The molecule has 0 aromatic carbocycles. The Balaban J connectivity index is 2.13. The van der Waals surface area contributed by atoms with E-state index in [4.69, 9.17) is 0 Å². The molecule has 1 N–H and O–H groups in total. The van der Waals surface area contributed by atoms with Gasteiger partial charge in [-0.15, -0.1) is 11.3 Å². The zero-order valence-electron chi connectivity index (χ0n) is 11.2. The summed E-state index contributed by atoms with van der Waals surface area (Å²) in [6.07, 6.45) is 1.28. The second kappa shape index (κ2) is 5.67. The van der Waals surface area contributed by atoms with Gasteiger partial charge in [0, 0.05) is 22.7 Å². The minimum atomic E-state index is -0.463. The van der Waals surface area contributed by atoms with E-state index < -0.39 is 6.10 Å². The standard InChI is InChI=1S/C14H20N2OS/c1-4-11-6-7-12(18-11)9-14(17)13-8-10(3)15-16(13)5-2/h6-8,14,17H,4-5,9H2,1-3H3. The smallest absolute Gasteiger partial charge is 0.100 e. The van der Waals surface area contributed by atoms with Crippen molar-refractivity contribution in [2.75, 3.05) is 0 Å². The van der Waals surface area contributed by atoms with Crippen molar-refractivity contribution in [2.24, 2.45) is 0 Å². The number of nitrogens with zero attached hydrogens (tertiary/aromatic N) is 2. The Bertz CT molecular complexity index is 516. The predicted octanol–water partition coefficient (Wildman–Crippen LogP) is 3.11. The fourth-order valence-corrected chi connectivity index (χ4v) is 3.10. The Hall–Kier alpha value is -1.13. The number of hydrogen-bond donors (Lipinski definition) is 1. The van der Waals surface area contributed by atoms with Crippen molar-refractivity contribution in [2.45, 2.75) is 46.3 Å². The quantitative estimate of drug-likeness (QED) is 0.901. The molecule has 2 rings (SSSR count). The van der Waals surface area contributed by atoms with Crippen LogP contribution in [-0.4, -0.2) is 14.9 Å². The lowest BCUT2D eigenvalue weighted by Crippen LogP contribution is -2.09. The molecule has 0 bridgehead atoms. The van der Waals surface area contributed by atoms with Gasteiger partial charge in [0.25, 0.3) is 0 Å². The first kappa shape index (κ1) is 13.3. The van der Waals surface area contributed by atoms with Gasteiger partial charge in [0.2, 0.25) is 0 Å². The lowest BCUT2D eigenvalue weighted by atomic mass is 10.1. The zero-order valence-corrected chi connectivity index (χ0v) is 12.0. The van der Waals surface area contributed by atoms with E-state index in [1.54, 1.807) is 11.3 Å². The van der Waals surface area contributed by atoms with E-state index in [2.05, 4.69) is 24.2 Å². The van der Waals surface area contributed by atoms with E-state index in [0.29, 0.717) is 6.42 Å². The number of rotatable bonds is 5. The third kappa shape index (κ3) is 2.82. The highest BCUT2D eigenvalue weighted by atomic mass is 32.1. The third-order valence-electron chi connectivity index (χ3n) is 3.03. The number of aliphatic hydroxyl groups excluding tert-OH is 1. The number of aliphatic hydroxyl groups is 1. The van der Waals surface area contributed by atoms with E-state index in [1.807, 2.05) is 24.6 Å². The Morgan fingerprint density at radius 1 is 1.33 bits per heavy atom. The summed E-state index contributed by atoms with van der Waals surface area (Å²) in [5.74, 6) is 0. The molecule has 0 aliphatic carbocycles. The minimum absolute atomic E-state index is 0.463. The van der Waals surface area contributed by atoms with Crippen LogP contribution in [0.3, 0.4) is 0 Å². The SMILES string of the molecule is CCc1ccc(CC(O)c2cc(C)nn2CC)s1. The van der Waals surface area contributed by atoms with Gasteiger partial charge in [-0.1, -0.05) is 6.92 Å². The van der Waals surface area contributed by atoms with E-state index in [1.165, 1.54) is 9.75 Å². The van der Waals surface area contributed by atoms with Gasteiger partial charge in [0.15, 0.2) is 0 Å². The molecule has 0 spiro atoms. The first-order chi connectivity index (χ1) is 8.63. The summed E-state index contributed by atoms with van der Waals surface area (Å²) in [5, 5.41) is 14.7. The Morgan fingerprint density at radius 3 is 2.67 bits per heavy atom. The molecule has 1 unspecified atom stereocenters. The largest absolute Gasteiger partial charge is 0.386 e. The van der Waals surface area contributed by atoms with Gasteiger partial charge in [-0.05, 0) is 38.5 Å². The molecular formula is C14H20N2OS. The number of aryl methyl sites for hydroxylation is 3. The Morgan fingerprint density at radius 2 is 2.06 bits per heavy atom. The van der Waals surface area contributed by atoms with E-state index in [9.17, 15) is 5.11 Å². The summed E-state index contributed by atoms with van der Waals surface area (Å²) in [6, 6.07) is 6.24. The zero-order chi connectivity index (χ0) is 13.1. The van der Waals surface area contributed by atoms with Gasteiger partial charge in [0.1, 0.15) is 6.10 Å². The van der Waals surface area contributed by atoms with Crippen molar-refractivity contribution in [3.05, 3.63) is 39.3 Å². The molecule has 2 aromatic heterocycles. The van der Waals surface area contributed by atoms with Crippen LogP contribution < -0.4 is 0 Å². The topological polar surface area (TPSA) is 38.1 Å². The van der Waals surface area contributed by atoms with Crippen LogP contribution in [0.5, 0.6) is 0 Å². The van der Waals surface area contributed by atoms with Crippen LogP contribution in [0.1, 0.15) is 41.1 Å². The maximum atomic E-state index is 10.3. The Labute approximate surface area is 112 Å². The van der Waals surface area contributed by atoms with Crippen LogP contribution >= 0.6 is 11.3 Å². The molecule has 3 nitrogen and oxygen atoms in total. The molecule has 18 heavy (non-hydrogen) atoms. The fourth-order valence-electron chi connectivity index (χ4n) is 2.10. The van der Waals surface area contributed by atoms with Crippen LogP contribution in [0.15, 0.2) is 18.2 Å². The molecule has 0 amide bonds. The first-order valence-electron chi connectivity index (χ1n) is 6.44. The van der Waals surface area contributed by atoms with Crippen LogP contribution in [0.4, 0.5) is 0 Å². The molecule has 0 saturated heterocycles. The van der Waals surface area contributed by atoms with Crippen LogP contribution in [0, 0.1) is 6.92 Å². The lowest BCUT2D eigenvalue weighted by molar-refractivity contribution is 0.168. The van der Waals surface area contributed by atoms with Crippen molar-refractivity contribution >= 4 is 11.3 Å². The van der Waals surface area contributed by atoms with Gasteiger partial charge in [-0.3, -0.25) is 4.68 Å². The van der Waals surface area contributed by atoms with Gasteiger partial charge in [0.05, 0.1) is 11.4 Å². The number of thiophene rings is 1. The molecule has 1 atom stereocenters. The molecule has 0 aliphatic heterocycles. The first-order valence-corrected chi connectivity index (χ1v) is 7.25. The van der Waals surface area contributed by atoms with Gasteiger partial charge in [-0.25, -0.2) is 0 Å². The van der Waals surface area contributed by atoms with Crippen LogP contribution in [-0.2, 0) is 19.4 Å². The Kier molecular flexibility index (Phi) is 4.19. The van der Waals surface area contributed by atoms with Crippen molar-refractivity contribution in [3.8, 4) is 0 Å². The maximum absolute atomic E-state index is 10.3. The van der Waals surface area contributed by atoms with Crippen molar-refractivity contribution in [1.82, 2.24) is 9.78 Å². The summed E-state index contributed by atoms with van der Waals surface area (Å²) in [4.78, 5) is 2.61. The minimum Gasteiger partial charge on any atom is -0.386 e. The fraction of sp³-hybridized carbons (Fsp3) is 0.500. The predicted molar refractivity (Wildman–Crippen MR) is 75.0 cm³/mol. The third-order valence-corrected chi connectivity index (χ3v) is 4.29. The molecule has 2 aromatic rings. The van der Waals surface area contributed by atoms with Gasteiger partial charge < -0.3 is 5.11 Å². The number of hydrogen-bond acceptors (Lipinski definition) is 3. The van der Waals surface area contributed by atoms with Crippen molar-refractivity contribution in [3.63, 3.8) is 0 Å². The van der Waals surface area contributed by atoms with Crippen LogP contribution in [0.2, 0.25) is 0 Å². The monoisotopic (exact) mass is 264 g/mol. The normalized spacial score (nSPS) is 12.9. The molecule has 0 fully saturated rings. The van der Waals surface area contributed by atoms with E-state index >= 15 is 0 Å². The summed E-state index contributed by atoms with van der Waals surface area (Å²) in [5.41, 5.74) is 1.88. The van der Waals surface area contributed by atoms with E-state index in [-0.39, 0.29) is 0 Å². The average Bonchev–Trinajstić information content (AvgIpc) is 2.95. The highest BCUT2D eigenvalue weighted by molar-refractivity contribution is 7.11. The maximum Gasteiger partial charge on any atom is 0.100 e. The molecule has 0 saturated carbocycles. The van der Waals surface area contributed by atoms with Gasteiger partial charge in [-0.2, -0.15) is 5.10 Å². The highest BCUT2D eigenvalue weighted by Crippen LogP contribution is 2.24. The average molecular weight is 264 g/mol. The lowest BCUT2D eigenvalue weighted by Gasteiger charge is -2.11. The van der Waals surface area contributed by atoms with Gasteiger partial charge >= 0.3 is 0 Å². The number of aromatic nitrogens is 2. The summed E-state index contributed by atoms with van der Waals surface area (Å²) < 4.78 is 1.88. The highest BCUT2D eigenvalue weighted by Gasteiger charge is 2.15. The molecule has 0 radical (unpaired) electrons.